The van der Waals surface area contributed by atoms with Crippen molar-refractivity contribution in [2.45, 2.75) is 99.4 Å². The van der Waals surface area contributed by atoms with Crippen molar-refractivity contribution in [3.63, 3.8) is 0 Å². The minimum Gasteiger partial charge on any atom is -0.394 e. The maximum atomic E-state index is 10.6. The molecule has 0 aliphatic carbocycles. The second-order valence-corrected chi connectivity index (χ2v) is 8.20. The molecule has 14 nitrogen and oxygen atoms in total. The van der Waals surface area contributed by atoms with Crippen molar-refractivity contribution in [1.82, 2.24) is 0 Å². The lowest BCUT2D eigenvalue weighted by Crippen LogP contribution is -2.65. The first-order valence-corrected chi connectivity index (χ1v) is 10.3. The van der Waals surface area contributed by atoms with Crippen LogP contribution in [0.4, 0.5) is 0 Å². The summed E-state index contributed by atoms with van der Waals surface area (Å²) in [5.41, 5.74) is 0. The summed E-state index contributed by atoms with van der Waals surface area (Å²) in [6.07, 6.45) is -20.3. The summed E-state index contributed by atoms with van der Waals surface area (Å²) in [6, 6.07) is 0. The van der Waals surface area contributed by atoms with E-state index in [9.17, 15) is 46.0 Å². The summed E-state index contributed by atoms with van der Waals surface area (Å²) in [6.45, 7) is 0.0775. The second kappa shape index (κ2) is 10.8. The molecule has 9 N–H and O–H groups in total. The number of rotatable bonds is 6. The zero-order valence-electron chi connectivity index (χ0n) is 17.3. The van der Waals surface area contributed by atoms with Crippen LogP contribution in [0, 0.1) is 0 Å². The Hall–Kier alpha value is -0.560. The van der Waals surface area contributed by atoms with Crippen LogP contribution in [0.2, 0.25) is 0 Å². The van der Waals surface area contributed by atoms with Crippen LogP contribution < -0.4 is 0 Å². The van der Waals surface area contributed by atoms with Crippen molar-refractivity contribution in [2.75, 3.05) is 13.2 Å². The third-order valence-corrected chi connectivity index (χ3v) is 5.94. The first-order chi connectivity index (χ1) is 15.1. The molecule has 3 heterocycles. The first kappa shape index (κ1) is 26.1. The summed E-state index contributed by atoms with van der Waals surface area (Å²) in [5.74, 6) is 0. The van der Waals surface area contributed by atoms with E-state index in [0.29, 0.717) is 0 Å². The first-order valence-electron chi connectivity index (χ1n) is 10.3. The molecule has 0 radical (unpaired) electrons. The van der Waals surface area contributed by atoms with Crippen molar-refractivity contribution >= 4 is 0 Å². The van der Waals surface area contributed by atoms with Crippen LogP contribution in [0.1, 0.15) is 13.3 Å². The highest BCUT2D eigenvalue weighted by Gasteiger charge is 2.52. The molecular formula is C18H32O14. The lowest BCUT2D eigenvalue weighted by atomic mass is 9.96. The van der Waals surface area contributed by atoms with E-state index >= 15 is 0 Å². The van der Waals surface area contributed by atoms with E-state index in [2.05, 4.69) is 0 Å². The third-order valence-electron chi connectivity index (χ3n) is 5.94. The molecule has 0 saturated carbocycles. The van der Waals surface area contributed by atoms with Crippen LogP contribution in [-0.4, -0.2) is 145 Å². The number of aliphatic hydroxyl groups excluding tert-OH is 9. The molecule has 0 spiro atoms. The zero-order chi connectivity index (χ0) is 23.7. The highest BCUT2D eigenvalue weighted by molar-refractivity contribution is 4.95. The van der Waals surface area contributed by atoms with Crippen LogP contribution in [0.5, 0.6) is 0 Å². The molecule has 3 fully saturated rings. The van der Waals surface area contributed by atoms with E-state index in [0.717, 1.165) is 0 Å². The van der Waals surface area contributed by atoms with E-state index in [4.69, 9.17) is 23.7 Å². The van der Waals surface area contributed by atoms with Gasteiger partial charge in [0.2, 0.25) is 0 Å². The van der Waals surface area contributed by atoms with E-state index < -0.39 is 99.2 Å². The molecule has 3 saturated heterocycles. The van der Waals surface area contributed by atoms with Crippen molar-refractivity contribution in [2.24, 2.45) is 0 Å². The maximum Gasteiger partial charge on any atom is 0.187 e. The Morgan fingerprint density at radius 3 is 1.91 bits per heavy atom. The molecule has 14 heteroatoms. The molecule has 0 amide bonds. The fourth-order valence-electron chi connectivity index (χ4n) is 3.98. The van der Waals surface area contributed by atoms with Gasteiger partial charge in [0.1, 0.15) is 54.9 Å². The van der Waals surface area contributed by atoms with Gasteiger partial charge in [0.05, 0.1) is 25.4 Å². The monoisotopic (exact) mass is 472 g/mol. The molecule has 3 rings (SSSR count). The van der Waals surface area contributed by atoms with Gasteiger partial charge in [0.25, 0.3) is 0 Å². The van der Waals surface area contributed by atoms with Crippen molar-refractivity contribution in [3.05, 3.63) is 0 Å². The van der Waals surface area contributed by atoms with Gasteiger partial charge in [-0.15, -0.1) is 0 Å². The largest absolute Gasteiger partial charge is 0.394 e. The van der Waals surface area contributed by atoms with Gasteiger partial charge in [-0.25, -0.2) is 0 Å². The number of aliphatic hydroxyl groups is 9. The lowest BCUT2D eigenvalue weighted by Gasteiger charge is -2.47. The van der Waals surface area contributed by atoms with E-state index in [1.807, 2.05) is 0 Å². The quantitative estimate of drug-likeness (QED) is 0.176. The Kier molecular flexibility index (Phi) is 8.79. The minimum absolute atomic E-state index is 0.180. The molecule has 1 unspecified atom stereocenters. The maximum absolute atomic E-state index is 10.6. The van der Waals surface area contributed by atoms with Crippen molar-refractivity contribution in [3.8, 4) is 0 Å². The highest BCUT2D eigenvalue weighted by Crippen LogP contribution is 2.32. The van der Waals surface area contributed by atoms with Gasteiger partial charge >= 0.3 is 0 Å². The SMILES string of the molecule is C[C@@H]1O[C@@H](O[C@H]2C(O)O[C@H](CO)[C@H](O)[C@@H]2O[C@H]2O[C@H](CO)[C@H](O)[C@H](O)[C@H]2O)C[C@H](O)[C@@H]1O. The molecule has 14 atom stereocenters. The van der Waals surface area contributed by atoms with Crippen LogP contribution in [0.25, 0.3) is 0 Å². The topological polar surface area (TPSA) is 228 Å². The molecule has 188 valence electrons. The van der Waals surface area contributed by atoms with E-state index in [1.165, 1.54) is 6.92 Å². The Bertz CT molecular complexity index is 582. The van der Waals surface area contributed by atoms with Gasteiger partial charge in [-0.3, -0.25) is 0 Å². The van der Waals surface area contributed by atoms with Crippen molar-refractivity contribution < 1.29 is 69.6 Å². The van der Waals surface area contributed by atoms with Gasteiger partial charge in [0.15, 0.2) is 18.9 Å². The Morgan fingerprint density at radius 2 is 1.31 bits per heavy atom. The number of ether oxygens (including phenoxy) is 5. The predicted octanol–water partition coefficient (Wildman–Crippen LogP) is -5.52. The van der Waals surface area contributed by atoms with Gasteiger partial charge in [-0.05, 0) is 6.92 Å². The van der Waals surface area contributed by atoms with Crippen LogP contribution in [0.15, 0.2) is 0 Å². The number of hydrogen-bond donors (Lipinski definition) is 9. The smallest absolute Gasteiger partial charge is 0.187 e. The molecule has 0 aromatic rings. The molecule has 3 aliphatic rings. The fourth-order valence-corrected chi connectivity index (χ4v) is 3.98. The summed E-state index contributed by atoms with van der Waals surface area (Å²) in [5, 5.41) is 89.7. The fraction of sp³-hybridized carbons (Fsp3) is 1.00. The van der Waals surface area contributed by atoms with Gasteiger partial charge in [0, 0.05) is 6.42 Å². The Labute approximate surface area is 183 Å². The van der Waals surface area contributed by atoms with Gasteiger partial charge in [-0.1, -0.05) is 0 Å². The third kappa shape index (κ3) is 5.24. The average molecular weight is 472 g/mol. The molecule has 32 heavy (non-hydrogen) atoms. The van der Waals surface area contributed by atoms with Crippen LogP contribution >= 0.6 is 0 Å². The molecule has 0 aromatic carbocycles. The van der Waals surface area contributed by atoms with Gasteiger partial charge < -0.3 is 69.6 Å². The molecule has 0 bridgehead atoms. The molecule has 0 aromatic heterocycles. The predicted molar refractivity (Wildman–Crippen MR) is 98.5 cm³/mol. The van der Waals surface area contributed by atoms with Gasteiger partial charge in [-0.2, -0.15) is 0 Å². The number of hydrogen-bond acceptors (Lipinski definition) is 14. The van der Waals surface area contributed by atoms with Crippen LogP contribution in [0.3, 0.4) is 0 Å². The lowest BCUT2D eigenvalue weighted by molar-refractivity contribution is -0.377. The van der Waals surface area contributed by atoms with Crippen molar-refractivity contribution in [1.29, 1.82) is 0 Å². The summed E-state index contributed by atoms with van der Waals surface area (Å²) < 4.78 is 27.1. The molecule has 3 aliphatic heterocycles. The summed E-state index contributed by atoms with van der Waals surface area (Å²) in [7, 11) is 0. The zero-order valence-corrected chi connectivity index (χ0v) is 17.3. The molecular weight excluding hydrogens is 440 g/mol. The summed E-state index contributed by atoms with van der Waals surface area (Å²) >= 11 is 0. The Morgan fingerprint density at radius 1 is 0.688 bits per heavy atom. The standard InChI is InChI=1S/C18H32O14/c1-5-10(22)6(21)2-9(28-5)31-16-15(12(24)8(4-20)29-17(16)27)32-18-14(26)13(25)11(23)7(3-19)30-18/h5-27H,2-4H2,1H3/t5-,6-,7+,8+,9-,10+,11-,12-,13-,14+,15-,16+,17?,18+/m0/s1. The normalized spacial score (nSPS) is 52.7. The highest BCUT2D eigenvalue weighted by atomic mass is 16.8. The average Bonchev–Trinajstić information content (AvgIpc) is 2.76. The summed E-state index contributed by atoms with van der Waals surface area (Å²) in [4.78, 5) is 0. The second-order valence-electron chi connectivity index (χ2n) is 8.20. The minimum atomic E-state index is -1.80. The van der Waals surface area contributed by atoms with E-state index in [-0.39, 0.29) is 6.42 Å². The van der Waals surface area contributed by atoms with Crippen LogP contribution in [-0.2, 0) is 23.7 Å². The Balaban J connectivity index is 1.78. The van der Waals surface area contributed by atoms with E-state index in [1.54, 1.807) is 0 Å².